The van der Waals surface area contributed by atoms with Crippen LogP contribution < -0.4 is 5.73 Å². The molecule has 0 aliphatic heterocycles. The third-order valence-electron chi connectivity index (χ3n) is 2.25. The van der Waals surface area contributed by atoms with E-state index >= 15 is 0 Å². The van der Waals surface area contributed by atoms with Crippen LogP contribution in [0.3, 0.4) is 0 Å². The topological polar surface area (TPSA) is 76.2 Å². The molecule has 0 amide bonds. The van der Waals surface area contributed by atoms with Crippen molar-refractivity contribution in [1.82, 2.24) is 4.98 Å². The van der Waals surface area contributed by atoms with E-state index in [0.717, 1.165) is 0 Å². The van der Waals surface area contributed by atoms with E-state index in [1.807, 2.05) is 0 Å². The standard InChI is InChI=1S/C11H16N2O2/c1-7(2)10(15)9(14)6-8-4-3-5-13-11(8)12/h3-5,7,10,15H,6H2,1-2H3,(H2,12,13). The molecule has 1 aromatic rings. The fraction of sp³-hybridized carbons (Fsp3) is 0.455. The predicted octanol–water partition coefficient (Wildman–Crippen LogP) is 0.792. The number of nitrogen functional groups attached to an aromatic ring is 1. The molecule has 82 valence electrons. The number of aliphatic hydroxyl groups is 1. The summed E-state index contributed by atoms with van der Waals surface area (Å²) in [5.74, 6) is 0.0573. The number of ketones is 1. The summed E-state index contributed by atoms with van der Waals surface area (Å²) in [6, 6.07) is 3.47. The molecule has 1 unspecified atom stereocenters. The lowest BCUT2D eigenvalue weighted by Gasteiger charge is -2.13. The first-order chi connectivity index (χ1) is 7.02. The maximum Gasteiger partial charge on any atom is 0.166 e. The Hall–Kier alpha value is -1.42. The van der Waals surface area contributed by atoms with Gasteiger partial charge >= 0.3 is 0 Å². The number of Topliss-reactive ketones (excluding diaryl/α,β-unsaturated/α-hetero) is 1. The molecular weight excluding hydrogens is 192 g/mol. The Balaban J connectivity index is 2.71. The molecule has 0 aromatic carbocycles. The van der Waals surface area contributed by atoms with Gasteiger partial charge in [-0.15, -0.1) is 0 Å². The van der Waals surface area contributed by atoms with E-state index in [-0.39, 0.29) is 18.1 Å². The molecule has 1 aromatic heterocycles. The van der Waals surface area contributed by atoms with Crippen LogP contribution in [-0.2, 0) is 11.2 Å². The quantitative estimate of drug-likeness (QED) is 0.767. The maximum atomic E-state index is 11.6. The Kier molecular flexibility index (Phi) is 3.80. The zero-order valence-corrected chi connectivity index (χ0v) is 8.97. The summed E-state index contributed by atoms with van der Waals surface area (Å²) in [4.78, 5) is 15.5. The van der Waals surface area contributed by atoms with Crippen LogP contribution in [-0.4, -0.2) is 22.0 Å². The molecule has 0 saturated heterocycles. The van der Waals surface area contributed by atoms with E-state index in [0.29, 0.717) is 11.4 Å². The van der Waals surface area contributed by atoms with Gasteiger partial charge < -0.3 is 10.8 Å². The molecule has 1 atom stereocenters. The average molecular weight is 208 g/mol. The number of carbonyl (C=O) groups is 1. The van der Waals surface area contributed by atoms with Gasteiger partial charge in [0.25, 0.3) is 0 Å². The zero-order chi connectivity index (χ0) is 11.4. The fourth-order valence-electron chi connectivity index (χ4n) is 1.26. The minimum atomic E-state index is -0.926. The van der Waals surface area contributed by atoms with Crippen molar-refractivity contribution in [2.24, 2.45) is 5.92 Å². The zero-order valence-electron chi connectivity index (χ0n) is 8.97. The highest BCUT2D eigenvalue weighted by Gasteiger charge is 2.19. The molecule has 1 rings (SSSR count). The minimum absolute atomic E-state index is 0.0737. The molecule has 0 aliphatic carbocycles. The molecular formula is C11H16N2O2. The Morgan fingerprint density at radius 1 is 1.60 bits per heavy atom. The number of aromatic nitrogens is 1. The first-order valence-corrected chi connectivity index (χ1v) is 4.92. The highest BCUT2D eigenvalue weighted by molar-refractivity contribution is 5.86. The summed E-state index contributed by atoms with van der Waals surface area (Å²) in [5, 5.41) is 9.54. The molecule has 4 nitrogen and oxygen atoms in total. The summed E-state index contributed by atoms with van der Waals surface area (Å²) < 4.78 is 0. The van der Waals surface area contributed by atoms with Crippen LogP contribution in [0, 0.1) is 5.92 Å². The number of anilines is 1. The lowest BCUT2D eigenvalue weighted by molar-refractivity contribution is -0.128. The van der Waals surface area contributed by atoms with Gasteiger partial charge in [-0.05, 0) is 12.0 Å². The van der Waals surface area contributed by atoms with Crippen molar-refractivity contribution in [2.75, 3.05) is 5.73 Å². The first-order valence-electron chi connectivity index (χ1n) is 4.92. The van der Waals surface area contributed by atoms with Crippen molar-refractivity contribution in [2.45, 2.75) is 26.4 Å². The SMILES string of the molecule is CC(C)C(O)C(=O)Cc1cccnc1N. The van der Waals surface area contributed by atoms with Crippen LogP contribution in [0.4, 0.5) is 5.82 Å². The molecule has 4 heteroatoms. The third kappa shape index (κ3) is 3.02. The van der Waals surface area contributed by atoms with E-state index in [2.05, 4.69) is 4.98 Å². The fourth-order valence-corrected chi connectivity index (χ4v) is 1.26. The number of nitrogens with zero attached hydrogens (tertiary/aromatic N) is 1. The van der Waals surface area contributed by atoms with E-state index in [9.17, 15) is 9.90 Å². The lowest BCUT2D eigenvalue weighted by Crippen LogP contribution is -2.27. The Morgan fingerprint density at radius 2 is 2.27 bits per heavy atom. The number of aliphatic hydroxyl groups excluding tert-OH is 1. The van der Waals surface area contributed by atoms with Crippen LogP contribution in [0.1, 0.15) is 19.4 Å². The van der Waals surface area contributed by atoms with Crippen LogP contribution in [0.2, 0.25) is 0 Å². The van der Waals surface area contributed by atoms with E-state index in [1.165, 1.54) is 0 Å². The lowest BCUT2D eigenvalue weighted by atomic mass is 9.98. The van der Waals surface area contributed by atoms with Gasteiger partial charge in [-0.2, -0.15) is 0 Å². The number of rotatable bonds is 4. The van der Waals surface area contributed by atoms with Crippen molar-refractivity contribution in [3.63, 3.8) is 0 Å². The summed E-state index contributed by atoms with van der Waals surface area (Å²) in [6.45, 7) is 3.60. The van der Waals surface area contributed by atoms with E-state index in [1.54, 1.807) is 32.2 Å². The Labute approximate surface area is 89.1 Å². The summed E-state index contributed by atoms with van der Waals surface area (Å²) in [5.41, 5.74) is 6.27. The third-order valence-corrected chi connectivity index (χ3v) is 2.25. The molecule has 1 heterocycles. The van der Waals surface area contributed by atoms with Gasteiger partial charge in [-0.3, -0.25) is 4.79 Å². The number of hydrogen-bond donors (Lipinski definition) is 2. The molecule has 0 spiro atoms. The van der Waals surface area contributed by atoms with Crippen molar-refractivity contribution in [3.8, 4) is 0 Å². The Bertz CT molecular complexity index is 350. The van der Waals surface area contributed by atoms with Crippen molar-refractivity contribution in [1.29, 1.82) is 0 Å². The van der Waals surface area contributed by atoms with Gasteiger partial charge in [-0.1, -0.05) is 19.9 Å². The highest BCUT2D eigenvalue weighted by Crippen LogP contribution is 2.11. The van der Waals surface area contributed by atoms with Gasteiger partial charge in [0, 0.05) is 18.2 Å². The number of hydrogen-bond acceptors (Lipinski definition) is 4. The van der Waals surface area contributed by atoms with E-state index < -0.39 is 6.10 Å². The summed E-state index contributed by atoms with van der Waals surface area (Å²) >= 11 is 0. The van der Waals surface area contributed by atoms with E-state index in [4.69, 9.17) is 5.73 Å². The molecule has 0 fully saturated rings. The smallest absolute Gasteiger partial charge is 0.166 e. The van der Waals surface area contributed by atoms with Gasteiger partial charge in [-0.25, -0.2) is 4.98 Å². The van der Waals surface area contributed by atoms with Crippen molar-refractivity contribution >= 4 is 11.6 Å². The van der Waals surface area contributed by atoms with Crippen LogP contribution in [0.15, 0.2) is 18.3 Å². The maximum absolute atomic E-state index is 11.6. The monoisotopic (exact) mass is 208 g/mol. The minimum Gasteiger partial charge on any atom is -0.385 e. The molecule has 0 saturated carbocycles. The molecule has 3 N–H and O–H groups in total. The second-order valence-electron chi connectivity index (χ2n) is 3.88. The second kappa shape index (κ2) is 4.89. The average Bonchev–Trinajstić information content (AvgIpc) is 2.20. The van der Waals surface area contributed by atoms with Gasteiger partial charge in [0.2, 0.25) is 0 Å². The van der Waals surface area contributed by atoms with Gasteiger partial charge in [0.05, 0.1) is 0 Å². The molecule has 0 aliphatic rings. The first kappa shape index (κ1) is 11.7. The van der Waals surface area contributed by atoms with Gasteiger partial charge in [0.15, 0.2) is 5.78 Å². The van der Waals surface area contributed by atoms with Crippen LogP contribution >= 0.6 is 0 Å². The summed E-state index contributed by atoms with van der Waals surface area (Å²) in [7, 11) is 0. The normalized spacial score (nSPS) is 12.8. The number of pyridine rings is 1. The number of carbonyl (C=O) groups excluding carboxylic acids is 1. The molecule has 0 bridgehead atoms. The van der Waals surface area contributed by atoms with Crippen LogP contribution in [0.25, 0.3) is 0 Å². The predicted molar refractivity (Wildman–Crippen MR) is 58.2 cm³/mol. The second-order valence-corrected chi connectivity index (χ2v) is 3.88. The largest absolute Gasteiger partial charge is 0.385 e. The highest BCUT2D eigenvalue weighted by atomic mass is 16.3. The number of nitrogens with two attached hydrogens (primary N) is 1. The van der Waals surface area contributed by atoms with Crippen molar-refractivity contribution in [3.05, 3.63) is 23.9 Å². The molecule has 15 heavy (non-hydrogen) atoms. The molecule has 0 radical (unpaired) electrons. The van der Waals surface area contributed by atoms with Crippen LogP contribution in [0.5, 0.6) is 0 Å². The Morgan fingerprint density at radius 3 is 2.80 bits per heavy atom. The van der Waals surface area contributed by atoms with Gasteiger partial charge in [0.1, 0.15) is 11.9 Å². The summed E-state index contributed by atoms with van der Waals surface area (Å²) in [6.07, 6.45) is 0.783. The van der Waals surface area contributed by atoms with Crippen molar-refractivity contribution < 1.29 is 9.90 Å².